The first-order valence-corrected chi connectivity index (χ1v) is 5.75. The van der Waals surface area contributed by atoms with E-state index in [9.17, 15) is 5.11 Å². The lowest BCUT2D eigenvalue weighted by Crippen LogP contribution is -2.30. The molecule has 84 valence electrons. The maximum Gasteiger partial charge on any atom is 0.0543 e. The van der Waals surface area contributed by atoms with Crippen LogP contribution in [0.4, 0.5) is 0 Å². The summed E-state index contributed by atoms with van der Waals surface area (Å²) in [6.07, 6.45) is 4.84. The highest BCUT2D eigenvalue weighted by Crippen LogP contribution is 2.23. The number of hydrogen-bond donors (Lipinski definition) is 3. The zero-order valence-electron chi connectivity index (χ0n) is 9.08. The van der Waals surface area contributed by atoms with E-state index in [1.807, 2.05) is 6.92 Å². The second kappa shape index (κ2) is 6.38. The molecule has 0 aromatic rings. The Kier molecular flexibility index (Phi) is 5.45. The summed E-state index contributed by atoms with van der Waals surface area (Å²) >= 11 is 0. The minimum Gasteiger partial charge on any atom is -0.393 e. The van der Waals surface area contributed by atoms with Gasteiger partial charge in [0.15, 0.2) is 0 Å². The van der Waals surface area contributed by atoms with Crippen LogP contribution in [0, 0.1) is 5.92 Å². The summed E-state index contributed by atoms with van der Waals surface area (Å²) in [5.41, 5.74) is 0. The fraction of sp³-hybridized carbons (Fsp3) is 1.00. The minimum atomic E-state index is -0.209. The van der Waals surface area contributed by atoms with E-state index in [4.69, 9.17) is 5.11 Å². The summed E-state index contributed by atoms with van der Waals surface area (Å²) in [6, 6.07) is 0. The molecule has 1 fully saturated rings. The van der Waals surface area contributed by atoms with E-state index in [1.54, 1.807) is 0 Å². The van der Waals surface area contributed by atoms with Gasteiger partial charge in [-0.1, -0.05) is 6.42 Å². The molecule has 0 aromatic heterocycles. The van der Waals surface area contributed by atoms with Crippen LogP contribution >= 0.6 is 0 Å². The Labute approximate surface area is 86.5 Å². The molecule has 0 radical (unpaired) electrons. The van der Waals surface area contributed by atoms with E-state index in [0.717, 1.165) is 38.8 Å². The van der Waals surface area contributed by atoms with Crippen molar-refractivity contribution in [2.75, 3.05) is 13.1 Å². The Balaban J connectivity index is 2.00. The van der Waals surface area contributed by atoms with Crippen LogP contribution < -0.4 is 5.32 Å². The standard InChI is InChI=1S/C11H23NO2/c1-9(13)5-6-12-8-10-3-2-4-11(14)7-10/h9-14H,2-8H2,1H3. The van der Waals surface area contributed by atoms with Crippen molar-refractivity contribution >= 4 is 0 Å². The van der Waals surface area contributed by atoms with Crippen LogP contribution in [-0.4, -0.2) is 35.5 Å². The van der Waals surface area contributed by atoms with Crippen LogP contribution in [0.2, 0.25) is 0 Å². The Morgan fingerprint density at radius 3 is 2.86 bits per heavy atom. The highest BCUT2D eigenvalue weighted by atomic mass is 16.3. The van der Waals surface area contributed by atoms with Gasteiger partial charge in [0, 0.05) is 0 Å². The number of hydrogen-bond acceptors (Lipinski definition) is 3. The number of aliphatic hydroxyl groups is 2. The van der Waals surface area contributed by atoms with Gasteiger partial charge in [-0.2, -0.15) is 0 Å². The van der Waals surface area contributed by atoms with Crippen molar-refractivity contribution in [3.05, 3.63) is 0 Å². The lowest BCUT2D eigenvalue weighted by atomic mass is 9.87. The molecule has 3 unspecified atom stereocenters. The molecule has 1 rings (SSSR count). The van der Waals surface area contributed by atoms with Crippen molar-refractivity contribution in [3.8, 4) is 0 Å². The average Bonchev–Trinajstić information content (AvgIpc) is 2.12. The first-order valence-electron chi connectivity index (χ1n) is 5.75. The summed E-state index contributed by atoms with van der Waals surface area (Å²) in [6.45, 7) is 3.68. The molecule has 0 bridgehead atoms. The van der Waals surface area contributed by atoms with Gasteiger partial charge in [0.25, 0.3) is 0 Å². The van der Waals surface area contributed by atoms with Crippen LogP contribution in [0.25, 0.3) is 0 Å². The largest absolute Gasteiger partial charge is 0.393 e. The fourth-order valence-electron chi connectivity index (χ4n) is 2.07. The van der Waals surface area contributed by atoms with Gasteiger partial charge >= 0.3 is 0 Å². The van der Waals surface area contributed by atoms with Gasteiger partial charge in [-0.05, 0) is 51.6 Å². The quantitative estimate of drug-likeness (QED) is 0.579. The molecule has 0 aliphatic heterocycles. The van der Waals surface area contributed by atoms with Crippen molar-refractivity contribution < 1.29 is 10.2 Å². The van der Waals surface area contributed by atoms with Crippen LogP contribution in [0.15, 0.2) is 0 Å². The summed E-state index contributed by atoms with van der Waals surface area (Å²) in [4.78, 5) is 0. The van der Waals surface area contributed by atoms with Crippen molar-refractivity contribution in [2.45, 2.75) is 51.2 Å². The third-order valence-electron chi connectivity index (χ3n) is 2.93. The van der Waals surface area contributed by atoms with Crippen LogP contribution in [0.5, 0.6) is 0 Å². The van der Waals surface area contributed by atoms with Gasteiger partial charge in [-0.15, -0.1) is 0 Å². The summed E-state index contributed by atoms with van der Waals surface area (Å²) in [5.74, 6) is 0.632. The average molecular weight is 201 g/mol. The molecule has 1 aliphatic carbocycles. The van der Waals surface area contributed by atoms with Crippen LogP contribution in [0.1, 0.15) is 39.0 Å². The molecular formula is C11H23NO2. The van der Waals surface area contributed by atoms with E-state index in [0.29, 0.717) is 5.92 Å². The van der Waals surface area contributed by atoms with Gasteiger partial charge in [-0.25, -0.2) is 0 Å². The van der Waals surface area contributed by atoms with E-state index in [-0.39, 0.29) is 12.2 Å². The van der Waals surface area contributed by atoms with Crippen molar-refractivity contribution in [3.63, 3.8) is 0 Å². The smallest absolute Gasteiger partial charge is 0.0543 e. The van der Waals surface area contributed by atoms with Crippen molar-refractivity contribution in [2.24, 2.45) is 5.92 Å². The molecule has 0 aromatic carbocycles. The molecule has 0 amide bonds. The zero-order chi connectivity index (χ0) is 10.4. The van der Waals surface area contributed by atoms with Gasteiger partial charge in [0.1, 0.15) is 0 Å². The van der Waals surface area contributed by atoms with Crippen LogP contribution in [-0.2, 0) is 0 Å². The third-order valence-corrected chi connectivity index (χ3v) is 2.93. The fourth-order valence-corrected chi connectivity index (χ4v) is 2.07. The Morgan fingerprint density at radius 1 is 1.43 bits per heavy atom. The first-order chi connectivity index (χ1) is 6.68. The van der Waals surface area contributed by atoms with Crippen molar-refractivity contribution in [1.82, 2.24) is 5.32 Å². The maximum absolute atomic E-state index is 9.46. The summed E-state index contributed by atoms with van der Waals surface area (Å²) in [5, 5.41) is 21.8. The monoisotopic (exact) mass is 201 g/mol. The van der Waals surface area contributed by atoms with Crippen LogP contribution in [0.3, 0.4) is 0 Å². The molecule has 0 saturated heterocycles. The normalized spacial score (nSPS) is 30.2. The number of rotatable bonds is 5. The Bertz CT molecular complexity index is 150. The SMILES string of the molecule is CC(O)CCNCC1CCCC(O)C1. The highest BCUT2D eigenvalue weighted by molar-refractivity contribution is 4.73. The minimum absolute atomic E-state index is 0.0766. The van der Waals surface area contributed by atoms with Gasteiger partial charge in [-0.3, -0.25) is 0 Å². The lowest BCUT2D eigenvalue weighted by molar-refractivity contribution is 0.1000. The highest BCUT2D eigenvalue weighted by Gasteiger charge is 2.19. The van der Waals surface area contributed by atoms with Crippen molar-refractivity contribution in [1.29, 1.82) is 0 Å². The third kappa shape index (κ3) is 4.94. The molecule has 3 N–H and O–H groups in total. The zero-order valence-corrected chi connectivity index (χ0v) is 9.08. The molecule has 3 nitrogen and oxygen atoms in total. The van der Waals surface area contributed by atoms with E-state index in [1.165, 1.54) is 6.42 Å². The molecule has 3 atom stereocenters. The topological polar surface area (TPSA) is 52.5 Å². The summed E-state index contributed by atoms with van der Waals surface area (Å²) in [7, 11) is 0. The molecule has 0 spiro atoms. The maximum atomic E-state index is 9.46. The first kappa shape index (κ1) is 12.0. The van der Waals surface area contributed by atoms with Gasteiger partial charge in [0.2, 0.25) is 0 Å². The summed E-state index contributed by atoms with van der Waals surface area (Å²) < 4.78 is 0. The molecule has 14 heavy (non-hydrogen) atoms. The molecule has 0 heterocycles. The molecule has 1 saturated carbocycles. The molecule has 1 aliphatic rings. The van der Waals surface area contributed by atoms with Gasteiger partial charge in [0.05, 0.1) is 12.2 Å². The molecular weight excluding hydrogens is 178 g/mol. The predicted molar refractivity (Wildman–Crippen MR) is 57.1 cm³/mol. The van der Waals surface area contributed by atoms with E-state index in [2.05, 4.69) is 5.32 Å². The van der Waals surface area contributed by atoms with E-state index < -0.39 is 0 Å². The Hall–Kier alpha value is -0.120. The Morgan fingerprint density at radius 2 is 2.21 bits per heavy atom. The van der Waals surface area contributed by atoms with E-state index >= 15 is 0 Å². The second-order valence-electron chi connectivity index (χ2n) is 4.53. The molecule has 3 heteroatoms. The predicted octanol–water partition coefficient (Wildman–Crippen LogP) is 0.898. The lowest BCUT2D eigenvalue weighted by Gasteiger charge is -2.26. The number of nitrogens with one attached hydrogen (secondary N) is 1. The van der Waals surface area contributed by atoms with Gasteiger partial charge < -0.3 is 15.5 Å². The number of aliphatic hydroxyl groups excluding tert-OH is 2. The second-order valence-corrected chi connectivity index (χ2v) is 4.53.